The van der Waals surface area contributed by atoms with Crippen molar-refractivity contribution >= 4 is 27.8 Å². The van der Waals surface area contributed by atoms with Crippen LogP contribution in [0.5, 0.6) is 0 Å². The number of amides is 1. The predicted octanol–water partition coefficient (Wildman–Crippen LogP) is 4.75. The molecule has 0 saturated carbocycles. The Bertz CT molecular complexity index is 1380. The summed E-state index contributed by atoms with van der Waals surface area (Å²) in [6, 6.07) is 25.8. The molecule has 1 heterocycles. The normalized spacial score (nSPS) is 11.4. The van der Waals surface area contributed by atoms with Gasteiger partial charge in [-0.25, -0.2) is 13.8 Å². The van der Waals surface area contributed by atoms with Gasteiger partial charge < -0.3 is 4.42 Å². The zero-order valence-corrected chi connectivity index (χ0v) is 19.3. The van der Waals surface area contributed by atoms with Gasteiger partial charge in [-0.15, -0.1) is 0 Å². The van der Waals surface area contributed by atoms with Crippen LogP contribution in [0, 0.1) is 6.92 Å². The molecule has 0 aliphatic carbocycles. The van der Waals surface area contributed by atoms with Crippen LogP contribution in [0.15, 0.2) is 112 Å². The molecule has 0 fully saturated rings. The largest absolute Gasteiger partial charge is 0.463 e. The van der Waals surface area contributed by atoms with E-state index in [0.717, 1.165) is 11.1 Å². The summed E-state index contributed by atoms with van der Waals surface area (Å²) in [5.41, 5.74) is 4.59. The molecule has 34 heavy (non-hydrogen) atoms. The average Bonchev–Trinajstić information content (AvgIpc) is 3.37. The summed E-state index contributed by atoms with van der Waals surface area (Å²) in [5, 5.41) is 3.92. The van der Waals surface area contributed by atoms with E-state index >= 15 is 0 Å². The van der Waals surface area contributed by atoms with Gasteiger partial charge in [0.1, 0.15) is 5.76 Å². The lowest BCUT2D eigenvalue weighted by atomic mass is 10.1. The molecule has 1 N–H and O–H groups in total. The zero-order chi connectivity index (χ0) is 24.0. The first kappa shape index (κ1) is 23.0. The second-order valence-electron chi connectivity index (χ2n) is 7.54. The summed E-state index contributed by atoms with van der Waals surface area (Å²) in [5.74, 6) is -0.0724. The van der Waals surface area contributed by atoms with Crippen LogP contribution in [-0.2, 0) is 16.6 Å². The van der Waals surface area contributed by atoms with Gasteiger partial charge in [-0.3, -0.25) is 9.10 Å². The van der Waals surface area contributed by atoms with Crippen LogP contribution >= 0.6 is 0 Å². The van der Waals surface area contributed by atoms with Crippen LogP contribution in [0.1, 0.15) is 27.2 Å². The molecule has 1 amide bonds. The molecule has 7 nitrogen and oxygen atoms in total. The SMILES string of the molecule is Cc1ccc(S(=O)(=O)N(Cc2ccccc2)c2ccccc2C(=O)N/N=C\c2ccco2)cc1. The van der Waals surface area contributed by atoms with Crippen LogP contribution < -0.4 is 9.73 Å². The number of hydrogen-bond acceptors (Lipinski definition) is 5. The minimum absolute atomic E-state index is 0.0526. The van der Waals surface area contributed by atoms with Crippen molar-refractivity contribution in [3.63, 3.8) is 0 Å². The molecule has 8 heteroatoms. The number of anilines is 1. The Kier molecular flexibility index (Phi) is 6.89. The number of aryl methyl sites for hydroxylation is 1. The summed E-state index contributed by atoms with van der Waals surface area (Å²) in [6.07, 6.45) is 2.86. The summed E-state index contributed by atoms with van der Waals surface area (Å²) in [6.45, 7) is 1.94. The van der Waals surface area contributed by atoms with Crippen LogP contribution in [0.3, 0.4) is 0 Å². The van der Waals surface area contributed by atoms with Crippen LogP contribution in [0.25, 0.3) is 0 Å². The monoisotopic (exact) mass is 473 g/mol. The Hall–Kier alpha value is -4.17. The molecule has 4 aromatic rings. The molecule has 172 valence electrons. The second kappa shape index (κ2) is 10.2. The molecule has 0 aliphatic rings. The molecule has 0 radical (unpaired) electrons. The minimum Gasteiger partial charge on any atom is -0.463 e. The minimum atomic E-state index is -3.98. The predicted molar refractivity (Wildman–Crippen MR) is 131 cm³/mol. The highest BCUT2D eigenvalue weighted by Gasteiger charge is 2.28. The fourth-order valence-corrected chi connectivity index (χ4v) is 4.82. The number of nitrogens with zero attached hydrogens (tertiary/aromatic N) is 2. The summed E-state index contributed by atoms with van der Waals surface area (Å²) >= 11 is 0. The molecular formula is C26H23N3O4S. The van der Waals surface area contributed by atoms with Crippen molar-refractivity contribution < 1.29 is 17.6 Å². The standard InChI is InChI=1S/C26H23N3O4S/c1-20-13-15-23(16-14-20)34(31,32)29(19-21-8-3-2-4-9-21)25-12-6-5-11-24(25)26(30)28-27-18-22-10-7-17-33-22/h2-18H,19H2,1H3,(H,28,30)/b27-18-. The third kappa shape index (κ3) is 5.24. The lowest BCUT2D eigenvalue weighted by Crippen LogP contribution is -2.33. The maximum Gasteiger partial charge on any atom is 0.273 e. The molecule has 0 unspecified atom stereocenters. The fourth-order valence-electron chi connectivity index (χ4n) is 3.35. The van der Waals surface area contributed by atoms with Gasteiger partial charge in [-0.1, -0.05) is 60.2 Å². The second-order valence-corrected chi connectivity index (χ2v) is 9.40. The van der Waals surface area contributed by atoms with E-state index < -0.39 is 15.9 Å². The summed E-state index contributed by atoms with van der Waals surface area (Å²) in [7, 11) is -3.98. The van der Waals surface area contributed by atoms with Gasteiger partial charge in [0.15, 0.2) is 0 Å². The van der Waals surface area contributed by atoms with E-state index in [0.29, 0.717) is 5.76 Å². The number of hydrogen-bond donors (Lipinski definition) is 1. The quantitative estimate of drug-likeness (QED) is 0.295. The van der Waals surface area contributed by atoms with Gasteiger partial charge in [0.05, 0.1) is 35.2 Å². The van der Waals surface area contributed by atoms with Crippen molar-refractivity contribution in [2.45, 2.75) is 18.4 Å². The summed E-state index contributed by atoms with van der Waals surface area (Å²) < 4.78 is 33.9. The van der Waals surface area contributed by atoms with Gasteiger partial charge in [0.25, 0.3) is 15.9 Å². The summed E-state index contributed by atoms with van der Waals surface area (Å²) in [4.78, 5) is 13.1. The number of hydrazone groups is 1. The van der Waals surface area contributed by atoms with Gasteiger partial charge in [0.2, 0.25) is 0 Å². The molecule has 1 aromatic heterocycles. The first-order valence-electron chi connectivity index (χ1n) is 10.5. The number of benzene rings is 3. The van der Waals surface area contributed by atoms with Crippen molar-refractivity contribution in [1.82, 2.24) is 5.43 Å². The number of sulfonamides is 1. The molecule has 0 bridgehead atoms. The first-order chi connectivity index (χ1) is 16.4. The van der Waals surface area contributed by atoms with E-state index in [1.807, 2.05) is 37.3 Å². The highest BCUT2D eigenvalue weighted by atomic mass is 32.2. The highest BCUT2D eigenvalue weighted by molar-refractivity contribution is 7.92. The van der Waals surface area contributed by atoms with Crippen molar-refractivity contribution in [2.75, 3.05) is 4.31 Å². The van der Waals surface area contributed by atoms with Crippen LogP contribution in [-0.4, -0.2) is 20.5 Å². The van der Waals surface area contributed by atoms with Crippen LogP contribution in [0.4, 0.5) is 5.69 Å². The fraction of sp³-hybridized carbons (Fsp3) is 0.0769. The maximum atomic E-state index is 13.7. The Morgan fingerprint density at radius 1 is 0.941 bits per heavy atom. The third-order valence-electron chi connectivity index (χ3n) is 5.10. The lowest BCUT2D eigenvalue weighted by molar-refractivity contribution is 0.0955. The van der Waals surface area contributed by atoms with Crippen molar-refractivity contribution in [3.8, 4) is 0 Å². The van der Waals surface area contributed by atoms with Crippen molar-refractivity contribution in [1.29, 1.82) is 0 Å². The Morgan fingerprint density at radius 3 is 2.35 bits per heavy atom. The third-order valence-corrected chi connectivity index (χ3v) is 6.87. The Labute approximate surface area is 198 Å². The van der Waals surface area contributed by atoms with E-state index in [1.165, 1.54) is 16.8 Å². The number of carbonyl (C=O) groups is 1. The molecule has 3 aromatic carbocycles. The lowest BCUT2D eigenvalue weighted by Gasteiger charge is -2.26. The number of nitrogens with one attached hydrogen (secondary N) is 1. The molecular weight excluding hydrogens is 450 g/mol. The van der Waals surface area contributed by atoms with E-state index in [2.05, 4.69) is 10.5 Å². The van der Waals surface area contributed by atoms with Gasteiger partial charge in [-0.2, -0.15) is 5.10 Å². The molecule has 0 spiro atoms. The maximum absolute atomic E-state index is 13.7. The average molecular weight is 474 g/mol. The number of furan rings is 1. The smallest absolute Gasteiger partial charge is 0.273 e. The molecule has 0 atom stereocenters. The van der Waals surface area contributed by atoms with E-state index in [9.17, 15) is 13.2 Å². The van der Waals surface area contributed by atoms with Crippen molar-refractivity contribution in [2.24, 2.45) is 5.10 Å². The first-order valence-corrected chi connectivity index (χ1v) is 12.0. The van der Waals surface area contributed by atoms with E-state index in [1.54, 1.807) is 60.7 Å². The Morgan fingerprint density at radius 2 is 1.65 bits per heavy atom. The molecule has 0 aliphatic heterocycles. The van der Waals surface area contributed by atoms with Gasteiger partial charge >= 0.3 is 0 Å². The number of carbonyl (C=O) groups excluding carboxylic acids is 1. The highest BCUT2D eigenvalue weighted by Crippen LogP contribution is 2.29. The topological polar surface area (TPSA) is 92.0 Å². The number of para-hydroxylation sites is 1. The zero-order valence-electron chi connectivity index (χ0n) is 18.5. The van der Waals surface area contributed by atoms with Crippen molar-refractivity contribution in [3.05, 3.63) is 120 Å². The Balaban J connectivity index is 1.73. The van der Waals surface area contributed by atoms with Gasteiger partial charge in [0, 0.05) is 0 Å². The van der Waals surface area contributed by atoms with Crippen LogP contribution in [0.2, 0.25) is 0 Å². The molecule has 4 rings (SSSR count). The number of rotatable bonds is 8. The van der Waals surface area contributed by atoms with E-state index in [4.69, 9.17) is 4.42 Å². The van der Waals surface area contributed by atoms with Gasteiger partial charge in [-0.05, 0) is 48.9 Å². The van der Waals surface area contributed by atoms with E-state index in [-0.39, 0.29) is 22.7 Å². The molecule has 0 saturated heterocycles.